The molecule has 0 amide bonds. The van der Waals surface area contributed by atoms with E-state index in [0.717, 1.165) is 16.9 Å². The van der Waals surface area contributed by atoms with E-state index in [9.17, 15) is 4.79 Å². The highest BCUT2D eigenvalue weighted by Crippen LogP contribution is 2.34. The monoisotopic (exact) mass is 335 g/mol. The molecule has 0 spiro atoms. The van der Waals surface area contributed by atoms with Crippen LogP contribution in [0.2, 0.25) is 0 Å². The van der Waals surface area contributed by atoms with Gasteiger partial charge in [0, 0.05) is 42.8 Å². The Labute approximate surface area is 143 Å². The standard InChI is InChI=1S/C18H17N5O2/c1-11-9-14(24)18-17(20-11)16(21-22(18)2)13-6-5-12(10-15(13)25-3)23-8-4-7-19-23/h4-10H,1-3H3,(H,20,24). The number of methoxy groups -OCH3 is 1. The molecule has 0 saturated heterocycles. The van der Waals surface area contributed by atoms with Gasteiger partial charge in [-0.05, 0) is 25.1 Å². The van der Waals surface area contributed by atoms with Crippen molar-refractivity contribution < 1.29 is 4.74 Å². The molecule has 0 aliphatic carbocycles. The Hall–Kier alpha value is -3.35. The fourth-order valence-corrected chi connectivity index (χ4v) is 3.05. The minimum Gasteiger partial charge on any atom is -0.496 e. The summed E-state index contributed by atoms with van der Waals surface area (Å²) in [6.45, 7) is 1.86. The smallest absolute Gasteiger partial charge is 0.207 e. The molecular weight excluding hydrogens is 318 g/mol. The number of aromatic nitrogens is 5. The van der Waals surface area contributed by atoms with Crippen LogP contribution in [-0.2, 0) is 7.05 Å². The number of nitrogens with one attached hydrogen (secondary N) is 1. The third-order valence-electron chi connectivity index (χ3n) is 4.16. The molecule has 3 heterocycles. The molecule has 0 fully saturated rings. The highest BCUT2D eigenvalue weighted by atomic mass is 16.5. The molecule has 25 heavy (non-hydrogen) atoms. The van der Waals surface area contributed by atoms with Crippen LogP contribution in [0.5, 0.6) is 5.75 Å². The summed E-state index contributed by atoms with van der Waals surface area (Å²) in [5, 5.41) is 8.78. The number of fused-ring (bicyclic) bond motifs is 1. The Morgan fingerprint density at radius 3 is 2.80 bits per heavy atom. The minimum atomic E-state index is -0.0559. The number of nitrogens with zero attached hydrogens (tertiary/aromatic N) is 4. The lowest BCUT2D eigenvalue weighted by molar-refractivity contribution is 0.416. The Morgan fingerprint density at radius 1 is 1.24 bits per heavy atom. The molecule has 126 valence electrons. The first kappa shape index (κ1) is 15.2. The molecule has 4 aromatic rings. The number of hydrogen-bond acceptors (Lipinski definition) is 4. The van der Waals surface area contributed by atoms with E-state index in [1.165, 1.54) is 0 Å². The zero-order chi connectivity index (χ0) is 17.6. The highest BCUT2D eigenvalue weighted by molar-refractivity contribution is 5.92. The number of rotatable bonds is 3. The Kier molecular flexibility index (Phi) is 3.42. The molecule has 0 unspecified atom stereocenters. The van der Waals surface area contributed by atoms with Crippen molar-refractivity contribution in [2.24, 2.45) is 7.05 Å². The predicted molar refractivity (Wildman–Crippen MR) is 95.2 cm³/mol. The summed E-state index contributed by atoms with van der Waals surface area (Å²) in [6, 6.07) is 9.21. The summed E-state index contributed by atoms with van der Waals surface area (Å²) in [7, 11) is 3.38. The number of ether oxygens (including phenoxy) is 1. The van der Waals surface area contributed by atoms with Gasteiger partial charge >= 0.3 is 0 Å². The maximum absolute atomic E-state index is 12.3. The zero-order valence-electron chi connectivity index (χ0n) is 14.1. The summed E-state index contributed by atoms with van der Waals surface area (Å²) in [4.78, 5) is 15.6. The second-order valence-electron chi connectivity index (χ2n) is 5.85. The molecule has 7 heteroatoms. The van der Waals surface area contributed by atoms with E-state index in [1.54, 1.807) is 35.8 Å². The maximum Gasteiger partial charge on any atom is 0.207 e. The molecule has 7 nitrogen and oxygen atoms in total. The molecular formula is C18H17N5O2. The number of benzene rings is 1. The van der Waals surface area contributed by atoms with Crippen LogP contribution in [0.3, 0.4) is 0 Å². The molecule has 3 aromatic heterocycles. The first-order valence-electron chi connectivity index (χ1n) is 7.83. The molecule has 0 atom stereocenters. The van der Waals surface area contributed by atoms with Crippen LogP contribution < -0.4 is 10.2 Å². The van der Waals surface area contributed by atoms with Gasteiger partial charge in [0.15, 0.2) is 0 Å². The summed E-state index contributed by atoms with van der Waals surface area (Å²) < 4.78 is 8.93. The Morgan fingerprint density at radius 2 is 2.08 bits per heavy atom. The van der Waals surface area contributed by atoms with Gasteiger partial charge < -0.3 is 9.72 Å². The van der Waals surface area contributed by atoms with Crippen LogP contribution in [0.4, 0.5) is 0 Å². The lowest BCUT2D eigenvalue weighted by Gasteiger charge is -2.10. The number of H-pyrrole nitrogens is 1. The second kappa shape index (κ2) is 5.62. The highest BCUT2D eigenvalue weighted by Gasteiger charge is 2.18. The second-order valence-corrected chi connectivity index (χ2v) is 5.85. The molecule has 0 aliphatic rings. The SMILES string of the molecule is COc1cc(-n2cccn2)ccc1-c1nn(C)c2c(=O)cc(C)[nH]c12. The van der Waals surface area contributed by atoms with Crippen molar-refractivity contribution in [3.05, 3.63) is 58.6 Å². The predicted octanol–water partition coefficient (Wildman–Crippen LogP) is 2.43. The summed E-state index contributed by atoms with van der Waals surface area (Å²) in [5.74, 6) is 0.662. The summed E-state index contributed by atoms with van der Waals surface area (Å²) >= 11 is 0. The van der Waals surface area contributed by atoms with Crippen molar-refractivity contribution in [2.75, 3.05) is 7.11 Å². The molecule has 1 aromatic carbocycles. The van der Waals surface area contributed by atoms with Crippen molar-refractivity contribution >= 4 is 11.0 Å². The normalized spacial score (nSPS) is 11.2. The van der Waals surface area contributed by atoms with E-state index in [-0.39, 0.29) is 5.43 Å². The van der Waals surface area contributed by atoms with Crippen molar-refractivity contribution in [1.29, 1.82) is 0 Å². The van der Waals surface area contributed by atoms with Gasteiger partial charge in [-0.25, -0.2) is 4.68 Å². The topological polar surface area (TPSA) is 77.7 Å². The molecule has 0 bridgehead atoms. The van der Waals surface area contributed by atoms with Crippen LogP contribution in [0.25, 0.3) is 28.0 Å². The largest absolute Gasteiger partial charge is 0.496 e. The number of aromatic amines is 1. The first-order valence-corrected chi connectivity index (χ1v) is 7.83. The fourth-order valence-electron chi connectivity index (χ4n) is 3.05. The Bertz CT molecular complexity index is 1120. The van der Waals surface area contributed by atoms with Crippen molar-refractivity contribution in [1.82, 2.24) is 24.5 Å². The number of hydrogen-bond donors (Lipinski definition) is 1. The van der Waals surface area contributed by atoms with Crippen LogP contribution in [0.1, 0.15) is 5.69 Å². The lowest BCUT2D eigenvalue weighted by atomic mass is 10.1. The molecule has 0 aliphatic heterocycles. The van der Waals surface area contributed by atoms with Crippen molar-refractivity contribution in [2.45, 2.75) is 6.92 Å². The molecule has 4 rings (SSSR count). The van der Waals surface area contributed by atoms with Gasteiger partial charge in [-0.2, -0.15) is 10.2 Å². The van der Waals surface area contributed by atoms with E-state index in [0.29, 0.717) is 22.5 Å². The number of aryl methyl sites for hydroxylation is 2. The average molecular weight is 335 g/mol. The number of pyridine rings is 1. The summed E-state index contributed by atoms with van der Waals surface area (Å²) in [5.41, 5.74) is 4.36. The van der Waals surface area contributed by atoms with E-state index in [2.05, 4.69) is 15.2 Å². The maximum atomic E-state index is 12.3. The van der Waals surface area contributed by atoms with E-state index in [1.807, 2.05) is 37.4 Å². The van der Waals surface area contributed by atoms with E-state index in [4.69, 9.17) is 4.74 Å². The zero-order valence-corrected chi connectivity index (χ0v) is 14.1. The Balaban J connectivity index is 1.96. The van der Waals surface area contributed by atoms with Gasteiger partial charge in [0.1, 0.15) is 17.0 Å². The van der Waals surface area contributed by atoms with E-state index >= 15 is 0 Å². The van der Waals surface area contributed by atoms with Gasteiger partial charge in [-0.3, -0.25) is 9.48 Å². The molecule has 0 radical (unpaired) electrons. The van der Waals surface area contributed by atoms with Crippen LogP contribution >= 0.6 is 0 Å². The molecule has 0 saturated carbocycles. The third kappa shape index (κ3) is 2.40. The van der Waals surface area contributed by atoms with Crippen LogP contribution in [0, 0.1) is 6.92 Å². The molecule has 1 N–H and O–H groups in total. The van der Waals surface area contributed by atoms with Gasteiger partial charge in [-0.1, -0.05) is 0 Å². The average Bonchev–Trinajstić information content (AvgIpc) is 3.22. The van der Waals surface area contributed by atoms with E-state index < -0.39 is 0 Å². The van der Waals surface area contributed by atoms with Crippen molar-refractivity contribution in [3.63, 3.8) is 0 Å². The van der Waals surface area contributed by atoms with Gasteiger partial charge in [0.05, 0.1) is 18.3 Å². The van der Waals surface area contributed by atoms with Crippen LogP contribution in [0.15, 0.2) is 47.5 Å². The third-order valence-corrected chi connectivity index (χ3v) is 4.16. The van der Waals surface area contributed by atoms with Crippen molar-refractivity contribution in [3.8, 4) is 22.7 Å². The van der Waals surface area contributed by atoms with Crippen LogP contribution in [-0.4, -0.2) is 31.7 Å². The fraction of sp³-hybridized carbons (Fsp3) is 0.167. The lowest BCUT2D eigenvalue weighted by Crippen LogP contribution is -2.06. The minimum absolute atomic E-state index is 0.0559. The summed E-state index contributed by atoms with van der Waals surface area (Å²) in [6.07, 6.45) is 3.59. The van der Waals surface area contributed by atoms with Gasteiger partial charge in [0.25, 0.3) is 0 Å². The quantitative estimate of drug-likeness (QED) is 0.624. The first-order chi connectivity index (χ1) is 12.1. The van der Waals surface area contributed by atoms with Gasteiger partial charge in [0.2, 0.25) is 5.43 Å². The van der Waals surface area contributed by atoms with Gasteiger partial charge in [-0.15, -0.1) is 0 Å².